The molecule has 1 fully saturated rings. The van der Waals surface area contributed by atoms with Crippen molar-refractivity contribution < 1.29 is 9.53 Å². The molecule has 3 aromatic rings. The minimum atomic E-state index is -0.175. The summed E-state index contributed by atoms with van der Waals surface area (Å²) in [6.45, 7) is 7.14. The number of carbonyl (C=O) groups excluding carboxylic acids is 1. The minimum absolute atomic E-state index is 0.159. The van der Waals surface area contributed by atoms with E-state index in [0.29, 0.717) is 31.9 Å². The van der Waals surface area contributed by atoms with E-state index in [4.69, 9.17) is 4.74 Å². The summed E-state index contributed by atoms with van der Waals surface area (Å²) in [6, 6.07) is 17.5. The third-order valence-corrected chi connectivity index (χ3v) is 5.80. The molecule has 0 unspecified atom stereocenters. The predicted octanol–water partition coefficient (Wildman–Crippen LogP) is 2.88. The number of aryl methyl sites for hydroxylation is 1. The number of hydrogen-bond donors (Lipinski definition) is 2. The molecule has 4 rings (SSSR count). The van der Waals surface area contributed by atoms with Crippen molar-refractivity contribution in [3.05, 3.63) is 81.6 Å². The molecule has 1 aliphatic heterocycles. The Kier molecular flexibility index (Phi) is 7.19. The zero-order chi connectivity index (χ0) is 22.3. The monoisotopic (exact) mass is 434 g/mol. The Morgan fingerprint density at radius 1 is 1.12 bits per heavy atom. The molecule has 0 bridgehead atoms. The van der Waals surface area contributed by atoms with Gasteiger partial charge in [0.2, 0.25) is 0 Å². The van der Waals surface area contributed by atoms with Gasteiger partial charge in [0.15, 0.2) is 0 Å². The number of aromatic amines is 1. The Bertz CT molecular complexity index is 1110. The van der Waals surface area contributed by atoms with Gasteiger partial charge in [0.25, 0.3) is 5.56 Å². The van der Waals surface area contributed by atoms with Crippen LogP contribution in [-0.4, -0.2) is 60.2 Å². The lowest BCUT2D eigenvalue weighted by molar-refractivity contribution is 0.0346. The van der Waals surface area contributed by atoms with Crippen molar-refractivity contribution in [1.29, 1.82) is 0 Å². The number of nitrogens with one attached hydrogen (secondary N) is 2. The van der Waals surface area contributed by atoms with Gasteiger partial charge in [0.1, 0.15) is 0 Å². The summed E-state index contributed by atoms with van der Waals surface area (Å²) < 4.78 is 5.42. The second kappa shape index (κ2) is 10.4. The van der Waals surface area contributed by atoms with E-state index in [9.17, 15) is 9.59 Å². The van der Waals surface area contributed by atoms with Crippen LogP contribution < -0.4 is 10.9 Å². The lowest BCUT2D eigenvalue weighted by Crippen LogP contribution is -2.46. The molecule has 2 N–H and O–H groups in total. The molecule has 7 heteroatoms. The summed E-state index contributed by atoms with van der Waals surface area (Å²) in [5.74, 6) is 0. The lowest BCUT2D eigenvalue weighted by Gasteiger charge is -2.30. The molecule has 0 aliphatic carbocycles. The number of nitrogens with zero attached hydrogens (tertiary/aromatic N) is 2. The first-order valence-electron chi connectivity index (χ1n) is 11.1. The average molecular weight is 435 g/mol. The number of hydrogen-bond acceptors (Lipinski definition) is 4. The van der Waals surface area contributed by atoms with Crippen molar-refractivity contribution >= 4 is 16.9 Å². The summed E-state index contributed by atoms with van der Waals surface area (Å²) >= 11 is 0. The zero-order valence-corrected chi connectivity index (χ0v) is 18.5. The maximum atomic E-state index is 13.1. The van der Waals surface area contributed by atoms with Gasteiger partial charge in [-0.25, -0.2) is 4.79 Å². The van der Waals surface area contributed by atoms with Gasteiger partial charge in [-0.3, -0.25) is 9.69 Å². The van der Waals surface area contributed by atoms with E-state index in [1.165, 1.54) is 0 Å². The number of amides is 2. The van der Waals surface area contributed by atoms with Gasteiger partial charge in [-0.05, 0) is 36.1 Å². The number of rotatable bonds is 7. The molecule has 1 aromatic heterocycles. The third-order valence-electron chi connectivity index (χ3n) is 5.80. The van der Waals surface area contributed by atoms with Crippen LogP contribution in [0, 0.1) is 6.92 Å². The smallest absolute Gasteiger partial charge is 0.318 e. The highest BCUT2D eigenvalue weighted by Crippen LogP contribution is 2.14. The molecule has 1 aliphatic rings. The maximum absolute atomic E-state index is 13.1. The van der Waals surface area contributed by atoms with Gasteiger partial charge in [-0.15, -0.1) is 0 Å². The quantitative estimate of drug-likeness (QED) is 0.600. The van der Waals surface area contributed by atoms with Crippen LogP contribution in [0.1, 0.15) is 16.7 Å². The highest BCUT2D eigenvalue weighted by atomic mass is 16.5. The van der Waals surface area contributed by atoms with Crippen LogP contribution in [0.15, 0.2) is 59.4 Å². The Morgan fingerprint density at radius 3 is 2.69 bits per heavy atom. The average Bonchev–Trinajstić information content (AvgIpc) is 2.82. The van der Waals surface area contributed by atoms with E-state index in [-0.39, 0.29) is 18.1 Å². The Hall–Kier alpha value is -3.16. The molecule has 0 spiro atoms. The fraction of sp³-hybridized carbons (Fsp3) is 0.360. The van der Waals surface area contributed by atoms with Gasteiger partial charge < -0.3 is 19.9 Å². The maximum Gasteiger partial charge on any atom is 0.318 e. The van der Waals surface area contributed by atoms with E-state index < -0.39 is 0 Å². The van der Waals surface area contributed by atoms with Crippen LogP contribution in [0.3, 0.4) is 0 Å². The van der Waals surface area contributed by atoms with Crippen molar-refractivity contribution in [2.75, 3.05) is 39.4 Å². The minimum Gasteiger partial charge on any atom is -0.379 e. The van der Waals surface area contributed by atoms with Crippen molar-refractivity contribution in [2.24, 2.45) is 0 Å². The topological polar surface area (TPSA) is 77.7 Å². The molecule has 32 heavy (non-hydrogen) atoms. The van der Waals surface area contributed by atoms with E-state index in [2.05, 4.69) is 15.2 Å². The van der Waals surface area contributed by atoms with Crippen LogP contribution >= 0.6 is 0 Å². The number of carbonyl (C=O) groups is 1. The van der Waals surface area contributed by atoms with Gasteiger partial charge in [-0.1, -0.05) is 42.0 Å². The largest absolute Gasteiger partial charge is 0.379 e. The van der Waals surface area contributed by atoms with Gasteiger partial charge in [-0.2, -0.15) is 0 Å². The number of pyridine rings is 1. The van der Waals surface area contributed by atoms with Crippen LogP contribution in [0.4, 0.5) is 4.79 Å². The number of morpholine rings is 1. The second-order valence-corrected chi connectivity index (χ2v) is 8.23. The van der Waals surface area contributed by atoms with Crippen molar-refractivity contribution in [3.63, 3.8) is 0 Å². The molecule has 2 aromatic carbocycles. The Labute approximate surface area is 188 Å². The van der Waals surface area contributed by atoms with Gasteiger partial charge in [0.05, 0.1) is 19.8 Å². The number of urea groups is 1. The fourth-order valence-corrected chi connectivity index (χ4v) is 3.92. The molecule has 2 amide bonds. The second-order valence-electron chi connectivity index (χ2n) is 8.23. The highest BCUT2D eigenvalue weighted by Gasteiger charge is 2.18. The van der Waals surface area contributed by atoms with Crippen molar-refractivity contribution in [1.82, 2.24) is 20.1 Å². The summed E-state index contributed by atoms with van der Waals surface area (Å²) in [5.41, 5.74) is 3.39. The third kappa shape index (κ3) is 5.75. The van der Waals surface area contributed by atoms with E-state index >= 15 is 0 Å². The van der Waals surface area contributed by atoms with Crippen LogP contribution in [0.5, 0.6) is 0 Å². The molecule has 0 atom stereocenters. The number of fused-ring (bicyclic) bond motifs is 1. The summed E-state index contributed by atoms with van der Waals surface area (Å²) in [6.07, 6.45) is 0. The molecule has 1 saturated heterocycles. The van der Waals surface area contributed by atoms with Gasteiger partial charge >= 0.3 is 6.03 Å². The molecule has 0 radical (unpaired) electrons. The first kappa shape index (κ1) is 22.0. The van der Waals surface area contributed by atoms with Crippen LogP contribution in [-0.2, 0) is 17.8 Å². The standard InChI is InChI=1S/C25H30N4O3/c1-19-7-8-23-21(15-19)16-22(24(30)27-23)18-29(10-9-28-11-13-32-14-12-28)25(31)26-17-20-5-3-2-4-6-20/h2-8,15-16H,9-14,17-18H2,1H3,(H,26,31)(H,27,30). The molecule has 2 heterocycles. The summed E-state index contributed by atoms with van der Waals surface area (Å²) in [4.78, 5) is 32.8. The molecular weight excluding hydrogens is 404 g/mol. The van der Waals surface area contributed by atoms with E-state index in [1.54, 1.807) is 4.90 Å². The number of H-pyrrole nitrogens is 1. The summed E-state index contributed by atoms with van der Waals surface area (Å²) in [7, 11) is 0. The zero-order valence-electron chi connectivity index (χ0n) is 18.5. The number of aromatic nitrogens is 1. The summed E-state index contributed by atoms with van der Waals surface area (Å²) in [5, 5.41) is 3.97. The highest BCUT2D eigenvalue weighted by molar-refractivity contribution is 5.80. The van der Waals surface area contributed by atoms with E-state index in [0.717, 1.165) is 41.7 Å². The van der Waals surface area contributed by atoms with Crippen molar-refractivity contribution in [2.45, 2.75) is 20.0 Å². The first-order valence-corrected chi connectivity index (χ1v) is 11.1. The lowest BCUT2D eigenvalue weighted by atomic mass is 10.1. The van der Waals surface area contributed by atoms with E-state index in [1.807, 2.05) is 61.5 Å². The normalized spacial score (nSPS) is 14.4. The first-order chi connectivity index (χ1) is 15.6. The molecular formula is C25H30N4O3. The molecule has 7 nitrogen and oxygen atoms in total. The number of benzene rings is 2. The molecule has 168 valence electrons. The molecule has 0 saturated carbocycles. The van der Waals surface area contributed by atoms with Crippen molar-refractivity contribution in [3.8, 4) is 0 Å². The number of ether oxygens (including phenoxy) is 1. The Balaban J connectivity index is 1.50. The fourth-order valence-electron chi connectivity index (χ4n) is 3.92. The SMILES string of the molecule is Cc1ccc2[nH]c(=O)c(CN(CCN3CCOCC3)C(=O)NCc3ccccc3)cc2c1. The van der Waals surface area contributed by atoms with Crippen LogP contribution in [0.2, 0.25) is 0 Å². The van der Waals surface area contributed by atoms with Crippen LogP contribution in [0.25, 0.3) is 10.9 Å². The Morgan fingerprint density at radius 2 is 1.91 bits per heavy atom. The van der Waals surface area contributed by atoms with Gasteiger partial charge in [0, 0.05) is 43.8 Å². The predicted molar refractivity (Wildman–Crippen MR) is 126 cm³/mol.